The van der Waals surface area contributed by atoms with Crippen molar-refractivity contribution in [2.75, 3.05) is 13.2 Å². The number of nitrogens with zero attached hydrogens (tertiary/aromatic N) is 1. The third-order valence-electron chi connectivity index (χ3n) is 2.14. The summed E-state index contributed by atoms with van der Waals surface area (Å²) in [5.41, 5.74) is 0. The van der Waals surface area contributed by atoms with Gasteiger partial charge in [-0.2, -0.15) is 0 Å². The van der Waals surface area contributed by atoms with Crippen molar-refractivity contribution in [2.24, 2.45) is 0 Å². The van der Waals surface area contributed by atoms with Crippen molar-refractivity contribution in [3.8, 4) is 0 Å². The molecule has 0 heterocycles. The van der Waals surface area contributed by atoms with Crippen LogP contribution in [-0.4, -0.2) is 23.4 Å². The Morgan fingerprint density at radius 1 is 1.36 bits per heavy atom. The highest BCUT2D eigenvalue weighted by atomic mass is 31.2. The predicted molar refractivity (Wildman–Crippen MR) is 49.8 cm³/mol. The third-order valence-corrected chi connectivity index (χ3v) is 4.97. The van der Waals surface area contributed by atoms with E-state index in [2.05, 4.69) is 0 Å². The topological polar surface area (TPSA) is 78.7 Å². The molecule has 1 rings (SSSR count). The van der Waals surface area contributed by atoms with Crippen LogP contribution in [0.2, 0.25) is 0 Å². The summed E-state index contributed by atoms with van der Waals surface area (Å²) in [5, 5.41) is 9.29. The molecule has 0 aromatic heterocycles. The molecular formula is C7H14NO5P. The van der Waals surface area contributed by atoms with Crippen LogP contribution in [0.4, 0.5) is 0 Å². The standard InChI is InChI=1S/C7H14NO5P/c1-3-12-14(11,13-4-2)7(5-6-7)8(9)10/h3-6H2,1-2H3. The van der Waals surface area contributed by atoms with Gasteiger partial charge in [0.05, 0.1) is 13.2 Å². The van der Waals surface area contributed by atoms with E-state index in [1.165, 1.54) is 0 Å². The Bertz CT molecular complexity index is 265. The first-order chi connectivity index (χ1) is 6.52. The van der Waals surface area contributed by atoms with Crippen LogP contribution in [0, 0.1) is 10.1 Å². The molecule has 0 aromatic carbocycles. The molecule has 0 spiro atoms. The molecule has 82 valence electrons. The molecule has 1 aliphatic carbocycles. The van der Waals surface area contributed by atoms with Crippen LogP contribution < -0.4 is 0 Å². The maximum atomic E-state index is 12.1. The van der Waals surface area contributed by atoms with Crippen LogP contribution in [-0.2, 0) is 13.6 Å². The van der Waals surface area contributed by atoms with Crippen molar-refractivity contribution in [1.82, 2.24) is 0 Å². The van der Waals surface area contributed by atoms with Gasteiger partial charge in [0.1, 0.15) is 0 Å². The first-order valence-corrected chi connectivity index (χ1v) is 6.10. The molecule has 0 atom stereocenters. The van der Waals surface area contributed by atoms with E-state index in [1.54, 1.807) is 13.8 Å². The van der Waals surface area contributed by atoms with Gasteiger partial charge in [0.25, 0.3) is 0 Å². The molecule has 0 amide bonds. The summed E-state index contributed by atoms with van der Waals surface area (Å²) in [7, 11) is -3.57. The van der Waals surface area contributed by atoms with Gasteiger partial charge in [0, 0.05) is 17.8 Å². The lowest BCUT2D eigenvalue weighted by molar-refractivity contribution is -0.515. The molecule has 0 aromatic rings. The Kier molecular flexibility index (Phi) is 3.29. The normalized spacial score (nSPS) is 19.3. The molecule has 0 bridgehead atoms. The first kappa shape index (κ1) is 11.6. The van der Waals surface area contributed by atoms with Gasteiger partial charge in [-0.15, -0.1) is 0 Å². The van der Waals surface area contributed by atoms with Gasteiger partial charge in [-0.25, -0.2) is 0 Å². The predicted octanol–water partition coefficient (Wildman–Crippen LogP) is 2.02. The minimum Gasteiger partial charge on any atom is -0.304 e. The van der Waals surface area contributed by atoms with E-state index in [-0.39, 0.29) is 26.1 Å². The fraction of sp³-hybridized carbons (Fsp3) is 1.00. The van der Waals surface area contributed by atoms with Crippen LogP contribution >= 0.6 is 7.60 Å². The Labute approximate surface area is 82.3 Å². The second-order valence-electron chi connectivity index (χ2n) is 3.07. The smallest absolute Gasteiger partial charge is 0.304 e. The Morgan fingerprint density at radius 2 is 1.79 bits per heavy atom. The molecule has 0 saturated heterocycles. The summed E-state index contributed by atoms with van der Waals surface area (Å²) < 4.78 is 22.0. The van der Waals surface area contributed by atoms with Crippen molar-refractivity contribution >= 4 is 7.60 Å². The van der Waals surface area contributed by atoms with Crippen molar-refractivity contribution in [1.29, 1.82) is 0 Å². The van der Waals surface area contributed by atoms with Gasteiger partial charge in [-0.1, -0.05) is 0 Å². The molecule has 7 heteroatoms. The van der Waals surface area contributed by atoms with Crippen LogP contribution in [0.25, 0.3) is 0 Å². The van der Waals surface area contributed by atoms with E-state index < -0.39 is 17.8 Å². The van der Waals surface area contributed by atoms with E-state index in [0.29, 0.717) is 0 Å². The van der Waals surface area contributed by atoms with Gasteiger partial charge in [0.2, 0.25) is 0 Å². The zero-order valence-electron chi connectivity index (χ0n) is 8.26. The monoisotopic (exact) mass is 223 g/mol. The highest BCUT2D eigenvalue weighted by Gasteiger charge is 2.72. The Balaban J connectivity index is 2.87. The Hall–Kier alpha value is -0.450. The van der Waals surface area contributed by atoms with Crippen LogP contribution in [0.3, 0.4) is 0 Å². The van der Waals surface area contributed by atoms with Gasteiger partial charge >= 0.3 is 12.9 Å². The minimum atomic E-state index is -3.57. The lowest BCUT2D eigenvalue weighted by Gasteiger charge is -2.19. The number of rotatable bonds is 6. The van der Waals surface area contributed by atoms with E-state index in [0.717, 1.165) is 0 Å². The van der Waals surface area contributed by atoms with Crippen molar-refractivity contribution in [2.45, 2.75) is 32.0 Å². The van der Waals surface area contributed by atoms with Crippen LogP contribution in [0.5, 0.6) is 0 Å². The molecule has 0 unspecified atom stereocenters. The number of hydrogen-bond donors (Lipinski definition) is 0. The van der Waals surface area contributed by atoms with E-state index >= 15 is 0 Å². The summed E-state index contributed by atoms with van der Waals surface area (Å²) in [4.78, 5) is 10.2. The lowest BCUT2D eigenvalue weighted by Crippen LogP contribution is -2.24. The number of hydrogen-bond acceptors (Lipinski definition) is 5. The second kappa shape index (κ2) is 3.96. The lowest BCUT2D eigenvalue weighted by atomic mass is 10.7. The average Bonchev–Trinajstić information content (AvgIpc) is 2.84. The molecule has 14 heavy (non-hydrogen) atoms. The van der Waals surface area contributed by atoms with Crippen molar-refractivity contribution in [3.05, 3.63) is 10.1 Å². The molecule has 0 radical (unpaired) electrons. The highest BCUT2D eigenvalue weighted by Crippen LogP contribution is 2.71. The molecule has 6 nitrogen and oxygen atoms in total. The summed E-state index contributed by atoms with van der Waals surface area (Å²) in [5.74, 6) is 0. The minimum absolute atomic E-state index is 0.160. The second-order valence-corrected chi connectivity index (χ2v) is 5.42. The third kappa shape index (κ3) is 1.69. The molecular weight excluding hydrogens is 209 g/mol. The molecule has 0 aliphatic heterocycles. The quantitative estimate of drug-likeness (QED) is 0.391. The van der Waals surface area contributed by atoms with Gasteiger partial charge < -0.3 is 9.05 Å². The zero-order chi connectivity index (χ0) is 10.8. The largest absolute Gasteiger partial charge is 0.406 e. The molecule has 1 saturated carbocycles. The van der Waals surface area contributed by atoms with E-state index in [9.17, 15) is 14.7 Å². The highest BCUT2D eigenvalue weighted by molar-refractivity contribution is 7.55. The zero-order valence-corrected chi connectivity index (χ0v) is 9.16. The van der Waals surface area contributed by atoms with Crippen LogP contribution in [0.1, 0.15) is 26.7 Å². The Morgan fingerprint density at radius 3 is 2.00 bits per heavy atom. The average molecular weight is 223 g/mol. The fourth-order valence-corrected chi connectivity index (χ4v) is 3.38. The summed E-state index contributed by atoms with van der Waals surface area (Å²) >= 11 is 0. The SMILES string of the molecule is CCOP(=O)(OCC)C1([N+](=O)[O-])CC1. The van der Waals surface area contributed by atoms with Crippen LogP contribution in [0.15, 0.2) is 0 Å². The maximum absolute atomic E-state index is 12.1. The van der Waals surface area contributed by atoms with Crippen molar-refractivity contribution < 1.29 is 18.5 Å². The maximum Gasteiger partial charge on any atom is 0.406 e. The fourth-order valence-electron chi connectivity index (χ4n) is 1.29. The summed E-state index contributed by atoms with van der Waals surface area (Å²) in [6, 6.07) is 0. The molecule has 0 N–H and O–H groups in total. The first-order valence-electron chi connectivity index (χ1n) is 4.56. The van der Waals surface area contributed by atoms with Gasteiger partial charge in [-0.3, -0.25) is 14.7 Å². The molecule has 1 aliphatic rings. The van der Waals surface area contributed by atoms with Crippen molar-refractivity contribution in [3.63, 3.8) is 0 Å². The van der Waals surface area contributed by atoms with E-state index in [4.69, 9.17) is 9.05 Å². The van der Waals surface area contributed by atoms with Gasteiger partial charge in [0.15, 0.2) is 0 Å². The van der Waals surface area contributed by atoms with E-state index in [1.807, 2.05) is 0 Å². The van der Waals surface area contributed by atoms with Gasteiger partial charge in [-0.05, 0) is 13.8 Å². The summed E-state index contributed by atoms with van der Waals surface area (Å²) in [6.07, 6.45) is 0.550. The molecule has 1 fully saturated rings. The summed E-state index contributed by atoms with van der Waals surface area (Å²) in [6.45, 7) is 3.60. The number of nitro groups is 1.